The van der Waals surface area contributed by atoms with Gasteiger partial charge in [0.25, 0.3) is 5.91 Å². The predicted octanol–water partition coefficient (Wildman–Crippen LogP) is 4.19. The van der Waals surface area contributed by atoms with Gasteiger partial charge in [0, 0.05) is 0 Å². The quantitative estimate of drug-likeness (QED) is 0.776. The molecule has 1 aromatic rings. The number of rotatable bonds is 5. The Kier molecular flexibility index (Phi) is 6.13. The molecule has 1 saturated carbocycles. The Hall–Kier alpha value is -2.09. The van der Waals surface area contributed by atoms with Gasteiger partial charge in [-0.1, -0.05) is 25.3 Å². The zero-order chi connectivity index (χ0) is 18.5. The van der Waals surface area contributed by atoms with Crippen LogP contribution in [-0.4, -0.2) is 30.8 Å². The number of methoxy groups -OCH3 is 1. The average molecular weight is 382 g/mol. The molecule has 3 rings (SSSR count). The van der Waals surface area contributed by atoms with Crippen molar-refractivity contribution in [1.82, 2.24) is 5.32 Å². The highest BCUT2D eigenvalue weighted by molar-refractivity contribution is 8.18. The lowest BCUT2D eigenvalue weighted by Gasteiger charge is -2.17. The van der Waals surface area contributed by atoms with Gasteiger partial charge in [0.15, 0.2) is 16.7 Å². The number of amidine groups is 1. The van der Waals surface area contributed by atoms with Gasteiger partial charge in [-0.2, -0.15) is 8.78 Å². The van der Waals surface area contributed by atoms with Crippen LogP contribution in [0.1, 0.15) is 37.7 Å². The number of amides is 1. The lowest BCUT2D eigenvalue weighted by molar-refractivity contribution is -0.115. The Morgan fingerprint density at radius 3 is 2.73 bits per heavy atom. The van der Waals surface area contributed by atoms with Crippen molar-refractivity contribution < 1.29 is 23.0 Å². The Morgan fingerprint density at radius 1 is 1.27 bits per heavy atom. The first-order valence-corrected chi connectivity index (χ1v) is 9.28. The fourth-order valence-electron chi connectivity index (χ4n) is 2.98. The number of carbonyl (C=O) groups excluding carboxylic acids is 1. The van der Waals surface area contributed by atoms with Crippen molar-refractivity contribution >= 4 is 28.9 Å². The maximum Gasteiger partial charge on any atom is 0.387 e. The van der Waals surface area contributed by atoms with Crippen molar-refractivity contribution in [2.24, 2.45) is 4.99 Å². The van der Waals surface area contributed by atoms with Crippen LogP contribution in [0.15, 0.2) is 28.1 Å². The van der Waals surface area contributed by atoms with Crippen molar-refractivity contribution in [2.45, 2.75) is 44.8 Å². The molecule has 1 aliphatic heterocycles. The molecule has 1 saturated heterocycles. The molecule has 5 nitrogen and oxygen atoms in total. The van der Waals surface area contributed by atoms with Gasteiger partial charge in [-0.05, 0) is 48.4 Å². The SMILES string of the molecule is COc1cc(/C=C2\SC(=NC3CCCCC3)NC2=O)ccc1OC(F)F. The fraction of sp³-hybridized carbons (Fsp3) is 0.444. The van der Waals surface area contributed by atoms with Crippen molar-refractivity contribution in [3.63, 3.8) is 0 Å². The number of hydrogen-bond donors (Lipinski definition) is 1. The van der Waals surface area contributed by atoms with Crippen molar-refractivity contribution in [2.75, 3.05) is 7.11 Å². The lowest BCUT2D eigenvalue weighted by atomic mass is 9.96. The molecule has 140 valence electrons. The van der Waals surface area contributed by atoms with Gasteiger partial charge >= 0.3 is 6.61 Å². The number of nitrogens with zero attached hydrogens (tertiary/aromatic N) is 1. The maximum atomic E-state index is 12.4. The summed E-state index contributed by atoms with van der Waals surface area (Å²) in [6.07, 6.45) is 7.39. The molecule has 1 amide bonds. The van der Waals surface area contributed by atoms with E-state index in [1.807, 2.05) is 0 Å². The van der Waals surface area contributed by atoms with E-state index in [-0.39, 0.29) is 23.4 Å². The van der Waals surface area contributed by atoms with Gasteiger partial charge in [-0.15, -0.1) is 0 Å². The zero-order valence-electron chi connectivity index (χ0n) is 14.3. The van der Waals surface area contributed by atoms with E-state index in [1.54, 1.807) is 18.2 Å². The Bertz CT molecular complexity index is 731. The molecule has 0 aromatic heterocycles. The number of carbonyl (C=O) groups is 1. The Labute approximate surface area is 154 Å². The summed E-state index contributed by atoms with van der Waals surface area (Å²) in [5.74, 6) is -0.0803. The first kappa shape index (κ1) is 18.7. The molecule has 0 unspecified atom stereocenters. The summed E-state index contributed by atoms with van der Waals surface area (Å²) < 4.78 is 34.3. The molecule has 0 atom stereocenters. The summed E-state index contributed by atoms with van der Waals surface area (Å²) in [6.45, 7) is -2.93. The van der Waals surface area contributed by atoms with Crippen molar-refractivity contribution in [3.05, 3.63) is 28.7 Å². The van der Waals surface area contributed by atoms with Gasteiger partial charge < -0.3 is 14.8 Å². The Morgan fingerprint density at radius 2 is 2.04 bits per heavy atom. The molecular weight excluding hydrogens is 362 g/mol. The van der Waals surface area contributed by atoms with Crippen LogP contribution in [0.5, 0.6) is 11.5 Å². The number of benzene rings is 1. The summed E-state index contributed by atoms with van der Waals surface area (Å²) in [6, 6.07) is 4.81. The van der Waals surface area contributed by atoms with E-state index >= 15 is 0 Å². The molecule has 26 heavy (non-hydrogen) atoms. The first-order valence-electron chi connectivity index (χ1n) is 8.46. The molecule has 0 radical (unpaired) electrons. The van der Waals surface area contributed by atoms with Crippen LogP contribution in [-0.2, 0) is 4.79 Å². The van der Waals surface area contributed by atoms with E-state index in [9.17, 15) is 13.6 Å². The fourth-order valence-corrected chi connectivity index (χ4v) is 3.88. The summed E-state index contributed by atoms with van der Waals surface area (Å²) in [7, 11) is 1.37. The zero-order valence-corrected chi connectivity index (χ0v) is 15.2. The van der Waals surface area contributed by atoms with E-state index in [0.29, 0.717) is 15.6 Å². The second-order valence-corrected chi connectivity index (χ2v) is 7.11. The van der Waals surface area contributed by atoms with Gasteiger partial charge in [-0.3, -0.25) is 9.79 Å². The third-order valence-electron chi connectivity index (χ3n) is 4.23. The van der Waals surface area contributed by atoms with E-state index in [1.165, 1.54) is 44.2 Å². The molecular formula is C18H20F2N2O3S. The molecule has 0 bridgehead atoms. The third-order valence-corrected chi connectivity index (χ3v) is 5.15. The number of alkyl halides is 2. The topological polar surface area (TPSA) is 59.9 Å². The summed E-state index contributed by atoms with van der Waals surface area (Å²) >= 11 is 1.29. The van der Waals surface area contributed by atoms with Crippen LogP contribution in [0.4, 0.5) is 8.78 Å². The minimum Gasteiger partial charge on any atom is -0.493 e. The van der Waals surface area contributed by atoms with Crippen LogP contribution in [0, 0.1) is 0 Å². The number of aliphatic imine (C=N–C) groups is 1. The van der Waals surface area contributed by atoms with Crippen LogP contribution in [0.3, 0.4) is 0 Å². The van der Waals surface area contributed by atoms with E-state index in [4.69, 9.17) is 4.74 Å². The van der Waals surface area contributed by atoms with E-state index < -0.39 is 6.61 Å². The van der Waals surface area contributed by atoms with Crippen molar-refractivity contribution in [1.29, 1.82) is 0 Å². The van der Waals surface area contributed by atoms with E-state index in [2.05, 4.69) is 15.0 Å². The second-order valence-electron chi connectivity index (χ2n) is 6.08. The standard InChI is InChI=1S/C18H20F2N2O3S/c1-24-14-9-11(7-8-13(14)25-17(19)20)10-15-16(23)22-18(26-15)21-12-5-3-2-4-6-12/h7-10,12,17H,2-6H2,1H3,(H,21,22,23)/b15-10-. The smallest absolute Gasteiger partial charge is 0.387 e. The first-order chi connectivity index (χ1) is 12.5. The van der Waals surface area contributed by atoms with Crippen LogP contribution in [0.2, 0.25) is 0 Å². The highest BCUT2D eigenvalue weighted by Crippen LogP contribution is 2.33. The summed E-state index contributed by atoms with van der Waals surface area (Å²) in [5.41, 5.74) is 0.653. The monoisotopic (exact) mass is 382 g/mol. The summed E-state index contributed by atoms with van der Waals surface area (Å²) in [5, 5.41) is 3.41. The van der Waals surface area contributed by atoms with Crippen LogP contribution < -0.4 is 14.8 Å². The molecule has 1 aromatic carbocycles. The number of nitrogens with one attached hydrogen (secondary N) is 1. The maximum absolute atomic E-state index is 12.4. The predicted molar refractivity (Wildman–Crippen MR) is 97.6 cm³/mol. The highest BCUT2D eigenvalue weighted by Gasteiger charge is 2.25. The largest absolute Gasteiger partial charge is 0.493 e. The molecule has 2 aliphatic rings. The van der Waals surface area contributed by atoms with E-state index in [0.717, 1.165) is 12.8 Å². The highest BCUT2D eigenvalue weighted by atomic mass is 32.2. The average Bonchev–Trinajstić information content (AvgIpc) is 2.95. The normalized spacial score (nSPS) is 21.5. The Balaban J connectivity index is 1.75. The van der Waals surface area contributed by atoms with Crippen LogP contribution in [0.25, 0.3) is 6.08 Å². The molecule has 1 heterocycles. The van der Waals surface area contributed by atoms with Gasteiger partial charge in [-0.25, -0.2) is 0 Å². The van der Waals surface area contributed by atoms with Gasteiger partial charge in [0.1, 0.15) is 0 Å². The van der Waals surface area contributed by atoms with Crippen molar-refractivity contribution in [3.8, 4) is 11.5 Å². The second kappa shape index (κ2) is 8.53. The molecule has 0 spiro atoms. The molecule has 2 fully saturated rings. The molecule has 1 aliphatic carbocycles. The minimum atomic E-state index is -2.93. The van der Waals surface area contributed by atoms with Gasteiger partial charge in [0.05, 0.1) is 18.1 Å². The van der Waals surface area contributed by atoms with Gasteiger partial charge in [0.2, 0.25) is 0 Å². The third kappa shape index (κ3) is 4.75. The summed E-state index contributed by atoms with van der Waals surface area (Å²) in [4.78, 5) is 17.3. The molecule has 1 N–H and O–H groups in total. The molecule has 8 heteroatoms. The number of halogens is 2. The number of thioether (sulfide) groups is 1. The number of hydrogen-bond acceptors (Lipinski definition) is 5. The lowest BCUT2D eigenvalue weighted by Crippen LogP contribution is -2.22. The number of ether oxygens (including phenoxy) is 2. The minimum absolute atomic E-state index is 0.0484. The van der Waals surface area contributed by atoms with Crippen LogP contribution >= 0.6 is 11.8 Å².